The molecule has 0 spiro atoms. The monoisotopic (exact) mass is 351 g/mol. The summed E-state index contributed by atoms with van der Waals surface area (Å²) in [5.74, 6) is -1.64. The number of halogens is 1. The lowest BCUT2D eigenvalue weighted by atomic mass is 10.1. The number of carbonyl (C=O) groups is 2. The van der Waals surface area contributed by atoms with Crippen LogP contribution in [0.4, 0.5) is 5.69 Å². The summed E-state index contributed by atoms with van der Waals surface area (Å²) in [6.45, 7) is 0. The molecule has 3 aromatic carbocycles. The second-order valence-corrected chi connectivity index (χ2v) is 5.67. The van der Waals surface area contributed by atoms with Crippen molar-refractivity contribution < 1.29 is 9.59 Å². The van der Waals surface area contributed by atoms with E-state index < -0.39 is 11.8 Å². The molecule has 2 amide bonds. The molecule has 3 aromatic rings. The van der Waals surface area contributed by atoms with Gasteiger partial charge in [0.05, 0.1) is 6.21 Å². The number of nitrogens with one attached hydrogen (secondary N) is 2. The van der Waals surface area contributed by atoms with E-state index in [1.807, 2.05) is 36.4 Å². The third kappa shape index (κ3) is 4.22. The highest BCUT2D eigenvalue weighted by Crippen LogP contribution is 2.22. The number of fused-ring (bicyclic) bond motifs is 1. The third-order valence-electron chi connectivity index (χ3n) is 3.49. The Balaban J connectivity index is 1.64. The average molecular weight is 352 g/mol. The van der Waals surface area contributed by atoms with E-state index in [-0.39, 0.29) is 0 Å². The molecule has 2 N–H and O–H groups in total. The number of benzene rings is 3. The minimum absolute atomic E-state index is 0.569. The van der Waals surface area contributed by atoms with Gasteiger partial charge in [-0.1, -0.05) is 60.1 Å². The number of rotatable bonds is 3. The molecular weight excluding hydrogens is 338 g/mol. The zero-order chi connectivity index (χ0) is 17.6. The van der Waals surface area contributed by atoms with Crippen LogP contribution in [-0.4, -0.2) is 18.0 Å². The fourth-order valence-electron chi connectivity index (χ4n) is 2.28. The molecule has 0 saturated heterocycles. The highest BCUT2D eigenvalue weighted by Gasteiger charge is 2.14. The molecule has 5 nitrogen and oxygen atoms in total. The lowest BCUT2D eigenvalue weighted by Crippen LogP contribution is -2.32. The Labute approximate surface area is 149 Å². The van der Waals surface area contributed by atoms with E-state index in [1.54, 1.807) is 30.3 Å². The van der Waals surface area contributed by atoms with Crippen LogP contribution in [0.3, 0.4) is 0 Å². The molecule has 0 aliphatic rings. The quantitative estimate of drug-likeness (QED) is 0.430. The standard InChI is InChI=1S/C19H14ClN3O2/c20-15-10-8-13(9-11-15)12-21-23-19(25)18(24)22-17-7-3-5-14-4-1-2-6-16(14)17/h1-12H,(H,22,24)(H,23,25)/b21-12-. The number of anilines is 1. The molecule has 0 aromatic heterocycles. The summed E-state index contributed by atoms with van der Waals surface area (Å²) >= 11 is 5.79. The molecule has 0 heterocycles. The minimum Gasteiger partial charge on any atom is -0.317 e. The van der Waals surface area contributed by atoms with E-state index >= 15 is 0 Å². The van der Waals surface area contributed by atoms with Crippen molar-refractivity contribution in [2.75, 3.05) is 5.32 Å². The van der Waals surface area contributed by atoms with E-state index in [2.05, 4.69) is 15.8 Å². The smallest absolute Gasteiger partial charge is 0.317 e. The predicted octanol–water partition coefficient (Wildman–Crippen LogP) is 3.58. The molecule has 0 bridgehead atoms. The first-order valence-electron chi connectivity index (χ1n) is 7.51. The maximum absolute atomic E-state index is 12.0. The average Bonchev–Trinajstić information content (AvgIpc) is 2.63. The van der Waals surface area contributed by atoms with Crippen molar-refractivity contribution in [3.05, 3.63) is 77.3 Å². The second kappa shape index (κ2) is 7.59. The lowest BCUT2D eigenvalue weighted by molar-refractivity contribution is -0.136. The first-order chi connectivity index (χ1) is 12.1. The molecule has 0 atom stereocenters. The summed E-state index contributed by atoms with van der Waals surface area (Å²) in [5, 5.41) is 8.80. The third-order valence-corrected chi connectivity index (χ3v) is 3.75. The molecule has 0 aliphatic heterocycles. The summed E-state index contributed by atoms with van der Waals surface area (Å²) in [7, 11) is 0. The molecule has 0 unspecified atom stereocenters. The van der Waals surface area contributed by atoms with Gasteiger partial charge in [0.2, 0.25) is 0 Å². The van der Waals surface area contributed by atoms with Crippen LogP contribution >= 0.6 is 11.6 Å². The zero-order valence-corrected chi connectivity index (χ0v) is 13.8. The van der Waals surface area contributed by atoms with Crippen LogP contribution < -0.4 is 10.7 Å². The molecule has 3 rings (SSSR count). The largest absolute Gasteiger partial charge is 0.329 e. The molecule has 0 radical (unpaired) electrons. The van der Waals surface area contributed by atoms with Crippen molar-refractivity contribution in [2.45, 2.75) is 0 Å². The van der Waals surface area contributed by atoms with Crippen molar-refractivity contribution in [1.82, 2.24) is 5.43 Å². The summed E-state index contributed by atoms with van der Waals surface area (Å²) < 4.78 is 0. The number of hydrogen-bond acceptors (Lipinski definition) is 3. The van der Waals surface area contributed by atoms with E-state index in [9.17, 15) is 9.59 Å². The van der Waals surface area contributed by atoms with Gasteiger partial charge >= 0.3 is 11.8 Å². The summed E-state index contributed by atoms with van der Waals surface area (Å²) in [5.41, 5.74) is 3.52. The summed E-state index contributed by atoms with van der Waals surface area (Å²) in [6, 6.07) is 20.0. The van der Waals surface area contributed by atoms with E-state index in [1.165, 1.54) is 6.21 Å². The van der Waals surface area contributed by atoms with Crippen LogP contribution in [0.2, 0.25) is 5.02 Å². The Morgan fingerprint density at radius 1 is 0.880 bits per heavy atom. The van der Waals surface area contributed by atoms with Gasteiger partial charge in [-0.2, -0.15) is 5.10 Å². The van der Waals surface area contributed by atoms with Crippen LogP contribution in [0.1, 0.15) is 5.56 Å². The van der Waals surface area contributed by atoms with Crippen molar-refractivity contribution in [3.63, 3.8) is 0 Å². The number of hydrazone groups is 1. The van der Waals surface area contributed by atoms with Crippen LogP contribution in [0.5, 0.6) is 0 Å². The Kier molecular flexibility index (Phi) is 5.06. The molecule has 6 heteroatoms. The number of amides is 2. The predicted molar refractivity (Wildman–Crippen MR) is 99.8 cm³/mol. The van der Waals surface area contributed by atoms with E-state index in [0.717, 1.165) is 16.3 Å². The topological polar surface area (TPSA) is 70.6 Å². The van der Waals surface area contributed by atoms with Gasteiger partial charge in [-0.05, 0) is 29.1 Å². The minimum atomic E-state index is -0.849. The van der Waals surface area contributed by atoms with Crippen molar-refractivity contribution in [1.29, 1.82) is 0 Å². The van der Waals surface area contributed by atoms with Crippen LogP contribution in [0, 0.1) is 0 Å². The van der Waals surface area contributed by atoms with Gasteiger partial charge in [0.15, 0.2) is 0 Å². The lowest BCUT2D eigenvalue weighted by Gasteiger charge is -2.07. The molecular formula is C19H14ClN3O2. The Morgan fingerprint density at radius 3 is 2.40 bits per heavy atom. The first-order valence-corrected chi connectivity index (χ1v) is 7.89. The SMILES string of the molecule is O=C(N/N=C\c1ccc(Cl)cc1)C(=O)Nc1cccc2ccccc12. The van der Waals surface area contributed by atoms with Crippen LogP contribution in [0.25, 0.3) is 10.8 Å². The van der Waals surface area contributed by atoms with Gasteiger partial charge in [0, 0.05) is 16.1 Å². The van der Waals surface area contributed by atoms with Gasteiger partial charge < -0.3 is 5.32 Å². The highest BCUT2D eigenvalue weighted by atomic mass is 35.5. The molecule has 0 fully saturated rings. The van der Waals surface area contributed by atoms with Crippen molar-refractivity contribution in [2.24, 2.45) is 5.10 Å². The molecule has 25 heavy (non-hydrogen) atoms. The van der Waals surface area contributed by atoms with Crippen molar-refractivity contribution in [3.8, 4) is 0 Å². The second-order valence-electron chi connectivity index (χ2n) is 5.23. The highest BCUT2D eigenvalue weighted by molar-refractivity contribution is 6.40. The maximum Gasteiger partial charge on any atom is 0.329 e. The number of nitrogens with zero attached hydrogens (tertiary/aromatic N) is 1. The zero-order valence-electron chi connectivity index (χ0n) is 13.1. The Morgan fingerprint density at radius 2 is 1.60 bits per heavy atom. The van der Waals surface area contributed by atoms with Crippen LogP contribution in [0.15, 0.2) is 71.8 Å². The van der Waals surface area contributed by atoms with Gasteiger partial charge in [-0.3, -0.25) is 9.59 Å². The van der Waals surface area contributed by atoms with Crippen molar-refractivity contribution >= 4 is 46.1 Å². The van der Waals surface area contributed by atoms with E-state index in [4.69, 9.17) is 11.6 Å². The maximum atomic E-state index is 12.0. The Hall–Kier alpha value is -3.18. The molecule has 0 saturated carbocycles. The Bertz CT molecular complexity index is 947. The van der Waals surface area contributed by atoms with Gasteiger partial charge in [-0.25, -0.2) is 5.43 Å². The van der Waals surface area contributed by atoms with Gasteiger partial charge in [0.25, 0.3) is 0 Å². The first kappa shape index (κ1) is 16.7. The number of hydrogen-bond donors (Lipinski definition) is 2. The summed E-state index contributed by atoms with van der Waals surface area (Å²) in [6.07, 6.45) is 1.43. The molecule has 124 valence electrons. The van der Waals surface area contributed by atoms with Crippen LogP contribution in [-0.2, 0) is 9.59 Å². The van der Waals surface area contributed by atoms with E-state index in [0.29, 0.717) is 10.7 Å². The summed E-state index contributed by atoms with van der Waals surface area (Å²) in [4.78, 5) is 23.9. The normalized spacial score (nSPS) is 10.8. The molecule has 0 aliphatic carbocycles. The van der Waals surface area contributed by atoms with Gasteiger partial charge in [0.1, 0.15) is 0 Å². The fourth-order valence-corrected chi connectivity index (χ4v) is 2.40. The fraction of sp³-hybridized carbons (Fsp3) is 0. The number of carbonyl (C=O) groups excluding carboxylic acids is 2. The van der Waals surface area contributed by atoms with Gasteiger partial charge in [-0.15, -0.1) is 0 Å².